The van der Waals surface area contributed by atoms with E-state index in [-0.39, 0.29) is 18.7 Å². The fourth-order valence-corrected chi connectivity index (χ4v) is 3.26. The molecule has 3 rings (SSSR count). The molecule has 6 nitrogen and oxygen atoms in total. The van der Waals surface area contributed by atoms with E-state index in [1.165, 1.54) is 0 Å². The number of carbonyl (C=O) groups excluding carboxylic acids is 1. The van der Waals surface area contributed by atoms with E-state index < -0.39 is 0 Å². The fourth-order valence-electron chi connectivity index (χ4n) is 3.03. The molecule has 150 valence electrons. The molecular weight excluding hydrogens is 380 g/mol. The second-order valence-corrected chi connectivity index (χ2v) is 6.98. The molecule has 2 aromatic carbocycles. The lowest BCUT2D eigenvalue weighted by molar-refractivity contribution is 0.0827. The Morgan fingerprint density at radius 2 is 2.07 bits per heavy atom. The number of halogens is 1. The first-order valence-corrected chi connectivity index (χ1v) is 9.69. The van der Waals surface area contributed by atoms with Gasteiger partial charge in [-0.3, -0.25) is 0 Å². The van der Waals surface area contributed by atoms with Gasteiger partial charge in [0, 0.05) is 31.7 Å². The molecule has 2 aromatic rings. The topological polar surface area (TPSA) is 60.0 Å². The first-order chi connectivity index (χ1) is 13.7. The molecule has 0 saturated carbocycles. The molecule has 1 heterocycles. The average Bonchev–Trinajstić information content (AvgIpc) is 2.74. The van der Waals surface area contributed by atoms with Crippen LogP contribution in [-0.4, -0.2) is 50.4 Å². The number of benzene rings is 2. The summed E-state index contributed by atoms with van der Waals surface area (Å²) in [5.74, 6) is 1.31. The Balaban J connectivity index is 1.42. The van der Waals surface area contributed by atoms with Gasteiger partial charge in [0.2, 0.25) is 0 Å². The van der Waals surface area contributed by atoms with Crippen LogP contribution in [0, 0.1) is 0 Å². The highest BCUT2D eigenvalue weighted by molar-refractivity contribution is 6.32. The lowest BCUT2D eigenvalue weighted by Gasteiger charge is -2.33. The van der Waals surface area contributed by atoms with E-state index in [4.69, 9.17) is 25.8 Å². The molecule has 1 amide bonds. The van der Waals surface area contributed by atoms with Crippen LogP contribution in [0.4, 0.5) is 4.79 Å². The predicted molar refractivity (Wildman–Crippen MR) is 108 cm³/mol. The van der Waals surface area contributed by atoms with Gasteiger partial charge in [-0.25, -0.2) is 4.79 Å². The molecule has 0 spiro atoms. The second kappa shape index (κ2) is 10.2. The summed E-state index contributed by atoms with van der Waals surface area (Å²) in [6.45, 7) is 2.74. The highest BCUT2D eigenvalue weighted by atomic mass is 35.5. The summed E-state index contributed by atoms with van der Waals surface area (Å²) in [4.78, 5) is 14.1. The average molecular weight is 405 g/mol. The zero-order chi connectivity index (χ0) is 19.8. The van der Waals surface area contributed by atoms with Crippen LogP contribution < -0.4 is 14.8 Å². The van der Waals surface area contributed by atoms with Crippen molar-refractivity contribution in [3.8, 4) is 11.5 Å². The molecule has 0 radical (unpaired) electrons. The third kappa shape index (κ3) is 5.78. The summed E-state index contributed by atoms with van der Waals surface area (Å²) < 4.78 is 16.3. The molecular formula is C21H25ClN2O4. The normalized spacial score (nSPS) is 16.5. The number of amides is 1. The zero-order valence-electron chi connectivity index (χ0n) is 15.9. The standard InChI is InChI=1S/C21H25ClN2O4/c1-26-18-7-8-20(19(22)13-18)27-12-9-17-14-24(11-10-23-17)21(25)28-15-16-5-3-2-4-6-16/h2-8,13,17,23H,9-12,14-15H2,1H3/t17-/m1/s1. The summed E-state index contributed by atoms with van der Waals surface area (Å²) in [6.07, 6.45) is 0.472. The van der Waals surface area contributed by atoms with Gasteiger partial charge in [0.25, 0.3) is 0 Å². The van der Waals surface area contributed by atoms with E-state index in [0.717, 1.165) is 18.5 Å². The Bertz CT molecular complexity index is 772. The molecule has 0 bridgehead atoms. The number of rotatable bonds is 7. The van der Waals surface area contributed by atoms with E-state index in [1.807, 2.05) is 36.4 Å². The van der Waals surface area contributed by atoms with Crippen molar-refractivity contribution in [3.63, 3.8) is 0 Å². The van der Waals surface area contributed by atoms with Crippen LogP contribution in [0.1, 0.15) is 12.0 Å². The molecule has 7 heteroatoms. The first kappa shape index (κ1) is 20.3. The Labute approximate surface area is 170 Å². The molecule has 1 aliphatic rings. The Kier molecular flexibility index (Phi) is 7.39. The molecule has 1 fully saturated rings. The van der Waals surface area contributed by atoms with Gasteiger partial charge in [-0.1, -0.05) is 41.9 Å². The highest BCUT2D eigenvalue weighted by Crippen LogP contribution is 2.28. The molecule has 0 aliphatic carbocycles. The maximum atomic E-state index is 12.3. The van der Waals surface area contributed by atoms with Crippen LogP contribution in [0.15, 0.2) is 48.5 Å². The highest BCUT2D eigenvalue weighted by Gasteiger charge is 2.24. The van der Waals surface area contributed by atoms with Crippen LogP contribution in [0.25, 0.3) is 0 Å². The number of hydrogen-bond acceptors (Lipinski definition) is 5. The summed E-state index contributed by atoms with van der Waals surface area (Å²) in [7, 11) is 1.59. The van der Waals surface area contributed by atoms with Gasteiger partial charge in [0.1, 0.15) is 18.1 Å². The van der Waals surface area contributed by atoms with Crippen LogP contribution in [-0.2, 0) is 11.3 Å². The second-order valence-electron chi connectivity index (χ2n) is 6.57. The van der Waals surface area contributed by atoms with Crippen molar-refractivity contribution >= 4 is 17.7 Å². The Morgan fingerprint density at radius 1 is 1.25 bits per heavy atom. The van der Waals surface area contributed by atoms with Gasteiger partial charge in [-0.2, -0.15) is 0 Å². The molecule has 1 N–H and O–H groups in total. The third-order valence-electron chi connectivity index (χ3n) is 4.58. The summed E-state index contributed by atoms with van der Waals surface area (Å²) in [5.41, 5.74) is 0.979. The van der Waals surface area contributed by atoms with Gasteiger partial charge < -0.3 is 24.4 Å². The lowest BCUT2D eigenvalue weighted by Crippen LogP contribution is -2.53. The quantitative estimate of drug-likeness (QED) is 0.762. The fraction of sp³-hybridized carbons (Fsp3) is 0.381. The molecule has 0 aromatic heterocycles. The number of carbonyl (C=O) groups is 1. The smallest absolute Gasteiger partial charge is 0.410 e. The summed E-state index contributed by atoms with van der Waals surface area (Å²) in [5, 5.41) is 3.93. The van der Waals surface area contributed by atoms with Crippen molar-refractivity contribution in [2.24, 2.45) is 0 Å². The number of methoxy groups -OCH3 is 1. The number of nitrogens with zero attached hydrogens (tertiary/aromatic N) is 1. The van der Waals surface area contributed by atoms with Crippen molar-refractivity contribution in [1.29, 1.82) is 0 Å². The van der Waals surface area contributed by atoms with Crippen LogP contribution in [0.2, 0.25) is 5.02 Å². The lowest BCUT2D eigenvalue weighted by atomic mass is 10.1. The van der Waals surface area contributed by atoms with E-state index in [1.54, 1.807) is 24.1 Å². The van der Waals surface area contributed by atoms with Crippen molar-refractivity contribution in [2.75, 3.05) is 33.4 Å². The van der Waals surface area contributed by atoms with Gasteiger partial charge in [0.15, 0.2) is 0 Å². The Hall–Kier alpha value is -2.44. The van der Waals surface area contributed by atoms with Gasteiger partial charge >= 0.3 is 6.09 Å². The van der Waals surface area contributed by atoms with Crippen molar-refractivity contribution < 1.29 is 19.0 Å². The van der Waals surface area contributed by atoms with E-state index >= 15 is 0 Å². The third-order valence-corrected chi connectivity index (χ3v) is 4.88. The minimum atomic E-state index is -0.283. The van der Waals surface area contributed by atoms with Crippen LogP contribution in [0.5, 0.6) is 11.5 Å². The van der Waals surface area contributed by atoms with Gasteiger partial charge in [-0.05, 0) is 24.1 Å². The predicted octanol–water partition coefficient (Wildman–Crippen LogP) is 3.73. The molecule has 0 unspecified atom stereocenters. The minimum absolute atomic E-state index is 0.148. The largest absolute Gasteiger partial charge is 0.497 e. The summed E-state index contributed by atoms with van der Waals surface area (Å²) >= 11 is 6.19. The number of piperazine rings is 1. The summed E-state index contributed by atoms with van der Waals surface area (Å²) in [6, 6.07) is 15.2. The van der Waals surface area contributed by atoms with Crippen molar-refractivity contribution in [1.82, 2.24) is 10.2 Å². The molecule has 28 heavy (non-hydrogen) atoms. The SMILES string of the molecule is COc1ccc(OCC[C@@H]2CN(C(=O)OCc3ccccc3)CCN2)c(Cl)c1. The molecule has 1 aliphatic heterocycles. The Morgan fingerprint density at radius 3 is 2.82 bits per heavy atom. The monoisotopic (exact) mass is 404 g/mol. The minimum Gasteiger partial charge on any atom is -0.497 e. The zero-order valence-corrected chi connectivity index (χ0v) is 16.7. The molecule has 1 atom stereocenters. The van der Waals surface area contributed by atoms with Crippen molar-refractivity contribution in [2.45, 2.75) is 19.1 Å². The van der Waals surface area contributed by atoms with Crippen LogP contribution in [0.3, 0.4) is 0 Å². The molecule has 1 saturated heterocycles. The van der Waals surface area contributed by atoms with Gasteiger partial charge in [-0.15, -0.1) is 0 Å². The number of ether oxygens (including phenoxy) is 3. The van der Waals surface area contributed by atoms with Crippen LogP contribution >= 0.6 is 11.6 Å². The van der Waals surface area contributed by atoms with E-state index in [0.29, 0.717) is 36.2 Å². The first-order valence-electron chi connectivity index (χ1n) is 9.31. The maximum absolute atomic E-state index is 12.3. The van der Waals surface area contributed by atoms with E-state index in [2.05, 4.69) is 5.32 Å². The van der Waals surface area contributed by atoms with Crippen molar-refractivity contribution in [3.05, 3.63) is 59.1 Å². The number of hydrogen-bond donors (Lipinski definition) is 1. The van der Waals surface area contributed by atoms with E-state index in [9.17, 15) is 4.79 Å². The maximum Gasteiger partial charge on any atom is 0.410 e. The number of nitrogens with one attached hydrogen (secondary N) is 1. The van der Waals surface area contributed by atoms with Gasteiger partial charge in [0.05, 0.1) is 18.7 Å².